The minimum absolute atomic E-state index is 0.117. The van der Waals surface area contributed by atoms with E-state index < -0.39 is 23.9 Å². The summed E-state index contributed by atoms with van der Waals surface area (Å²) in [5.41, 5.74) is 0. The SMILES string of the molecule is CN(C)C(=O)NC(=O)C1CCCN1C(=O)C(CC1C=CCC1)CN(O)C=O. The summed E-state index contributed by atoms with van der Waals surface area (Å²) in [6.45, 7) is 0.296. The molecule has 1 heterocycles. The lowest BCUT2D eigenvalue weighted by molar-refractivity contribution is -0.158. The van der Waals surface area contributed by atoms with E-state index in [0.717, 1.165) is 12.8 Å². The number of urea groups is 1. The van der Waals surface area contributed by atoms with Gasteiger partial charge in [-0.3, -0.25) is 24.9 Å². The summed E-state index contributed by atoms with van der Waals surface area (Å²) >= 11 is 0. The molecule has 3 atom stereocenters. The van der Waals surface area contributed by atoms with Crippen molar-refractivity contribution in [2.75, 3.05) is 27.2 Å². The van der Waals surface area contributed by atoms with Crippen molar-refractivity contribution in [2.24, 2.45) is 11.8 Å². The fraction of sp³-hybridized carbons (Fsp3) is 0.667. The Labute approximate surface area is 158 Å². The lowest BCUT2D eigenvalue weighted by Crippen LogP contribution is -2.52. The maximum absolute atomic E-state index is 13.1. The summed E-state index contributed by atoms with van der Waals surface area (Å²) < 4.78 is 0. The Bertz CT molecular complexity index is 607. The van der Waals surface area contributed by atoms with E-state index >= 15 is 0 Å². The van der Waals surface area contributed by atoms with Crippen LogP contribution in [0.4, 0.5) is 4.79 Å². The van der Waals surface area contributed by atoms with Gasteiger partial charge in [0.1, 0.15) is 6.04 Å². The Balaban J connectivity index is 2.08. The number of carbonyl (C=O) groups excluding carboxylic acids is 4. The molecule has 9 nitrogen and oxygen atoms in total. The Morgan fingerprint density at radius 2 is 2.07 bits per heavy atom. The highest BCUT2D eigenvalue weighted by Gasteiger charge is 2.38. The van der Waals surface area contributed by atoms with Crippen molar-refractivity contribution in [3.05, 3.63) is 12.2 Å². The zero-order chi connectivity index (χ0) is 20.0. The van der Waals surface area contributed by atoms with Crippen LogP contribution in [0.25, 0.3) is 0 Å². The van der Waals surface area contributed by atoms with Crippen LogP contribution in [0.2, 0.25) is 0 Å². The van der Waals surface area contributed by atoms with Gasteiger partial charge in [-0.1, -0.05) is 12.2 Å². The summed E-state index contributed by atoms with van der Waals surface area (Å²) in [5.74, 6) is -1.17. The van der Waals surface area contributed by atoms with Crippen molar-refractivity contribution < 1.29 is 24.4 Å². The van der Waals surface area contributed by atoms with E-state index in [1.165, 1.54) is 23.9 Å². The third-order valence-electron chi connectivity index (χ3n) is 5.05. The molecule has 5 amide bonds. The molecule has 0 radical (unpaired) electrons. The standard InChI is InChI=1S/C18H28N4O5/c1-20(2)18(26)19-16(24)15-8-5-9-22(15)17(25)14(11-21(27)12-23)10-13-6-3-4-7-13/h3,6,12-15,27H,4-5,7-11H2,1-2H3,(H,19,24,26). The maximum Gasteiger partial charge on any atom is 0.323 e. The van der Waals surface area contributed by atoms with Crippen molar-refractivity contribution in [1.29, 1.82) is 0 Å². The second-order valence-corrected chi connectivity index (χ2v) is 7.30. The maximum atomic E-state index is 13.1. The molecule has 150 valence electrons. The van der Waals surface area contributed by atoms with Crippen LogP contribution in [0, 0.1) is 11.8 Å². The number of nitrogens with zero attached hydrogens (tertiary/aromatic N) is 3. The van der Waals surface area contributed by atoms with E-state index in [4.69, 9.17) is 0 Å². The molecule has 1 fully saturated rings. The monoisotopic (exact) mass is 380 g/mol. The molecule has 1 aliphatic heterocycles. The molecule has 0 bridgehead atoms. The van der Waals surface area contributed by atoms with Crippen molar-refractivity contribution in [3.8, 4) is 0 Å². The molecule has 2 N–H and O–H groups in total. The first-order valence-corrected chi connectivity index (χ1v) is 9.23. The normalized spacial score (nSPS) is 22.4. The van der Waals surface area contributed by atoms with Gasteiger partial charge >= 0.3 is 6.03 Å². The fourth-order valence-corrected chi connectivity index (χ4v) is 3.62. The molecular formula is C18H28N4O5. The van der Waals surface area contributed by atoms with Gasteiger partial charge in [0.2, 0.25) is 12.3 Å². The molecule has 9 heteroatoms. The highest BCUT2D eigenvalue weighted by atomic mass is 16.5. The molecule has 1 saturated heterocycles. The Morgan fingerprint density at radius 1 is 1.33 bits per heavy atom. The van der Waals surface area contributed by atoms with Gasteiger partial charge in [-0.15, -0.1) is 0 Å². The predicted molar refractivity (Wildman–Crippen MR) is 96.5 cm³/mol. The number of nitrogens with one attached hydrogen (secondary N) is 1. The first-order chi connectivity index (χ1) is 12.8. The molecule has 1 aliphatic carbocycles. The molecule has 0 aromatic rings. The van der Waals surface area contributed by atoms with Gasteiger partial charge in [-0.05, 0) is 38.0 Å². The molecule has 2 rings (SSSR count). The molecule has 27 heavy (non-hydrogen) atoms. The van der Waals surface area contributed by atoms with Crippen LogP contribution in [0.5, 0.6) is 0 Å². The molecule has 0 aromatic carbocycles. The topological polar surface area (TPSA) is 110 Å². The number of carbonyl (C=O) groups is 4. The number of hydroxylamine groups is 2. The molecular weight excluding hydrogens is 352 g/mol. The summed E-state index contributed by atoms with van der Waals surface area (Å²) in [6.07, 6.45) is 7.89. The molecule has 0 aromatic heterocycles. The lowest BCUT2D eigenvalue weighted by Gasteiger charge is -2.30. The zero-order valence-corrected chi connectivity index (χ0v) is 15.8. The van der Waals surface area contributed by atoms with Crippen LogP contribution in [0.3, 0.4) is 0 Å². The van der Waals surface area contributed by atoms with Gasteiger partial charge in [0, 0.05) is 20.6 Å². The van der Waals surface area contributed by atoms with Gasteiger partial charge in [0.05, 0.1) is 12.5 Å². The average molecular weight is 380 g/mol. The number of hydrogen-bond donors (Lipinski definition) is 2. The second-order valence-electron chi connectivity index (χ2n) is 7.30. The van der Waals surface area contributed by atoms with Crippen molar-refractivity contribution in [2.45, 2.75) is 38.1 Å². The van der Waals surface area contributed by atoms with Gasteiger partial charge in [0.15, 0.2) is 0 Å². The van der Waals surface area contributed by atoms with E-state index in [2.05, 4.69) is 11.4 Å². The Kier molecular flexibility index (Phi) is 7.35. The predicted octanol–water partition coefficient (Wildman–Crippen LogP) is 0.595. The molecule has 0 spiro atoms. The number of hydrogen-bond acceptors (Lipinski definition) is 5. The Hall–Kier alpha value is -2.42. The first-order valence-electron chi connectivity index (χ1n) is 9.23. The summed E-state index contributed by atoms with van der Waals surface area (Å²) in [5, 5.41) is 12.4. The van der Waals surface area contributed by atoms with Crippen molar-refractivity contribution in [3.63, 3.8) is 0 Å². The fourth-order valence-electron chi connectivity index (χ4n) is 3.62. The minimum Gasteiger partial charge on any atom is -0.331 e. The van der Waals surface area contributed by atoms with Crippen LogP contribution >= 0.6 is 0 Å². The largest absolute Gasteiger partial charge is 0.331 e. The van der Waals surface area contributed by atoms with Crippen molar-refractivity contribution in [1.82, 2.24) is 20.2 Å². The highest BCUT2D eigenvalue weighted by molar-refractivity contribution is 5.98. The van der Waals surface area contributed by atoms with Crippen LogP contribution < -0.4 is 5.32 Å². The number of amides is 5. The molecule has 2 aliphatic rings. The van der Waals surface area contributed by atoms with Crippen LogP contribution in [-0.2, 0) is 14.4 Å². The van der Waals surface area contributed by atoms with E-state index in [1.54, 1.807) is 0 Å². The van der Waals surface area contributed by atoms with E-state index in [0.29, 0.717) is 30.9 Å². The van der Waals surface area contributed by atoms with Crippen molar-refractivity contribution >= 4 is 24.3 Å². The third kappa shape index (κ3) is 5.53. The highest BCUT2D eigenvalue weighted by Crippen LogP contribution is 2.28. The summed E-state index contributed by atoms with van der Waals surface area (Å²) in [7, 11) is 3.06. The summed E-state index contributed by atoms with van der Waals surface area (Å²) in [6, 6.07) is -1.25. The Morgan fingerprint density at radius 3 is 2.67 bits per heavy atom. The van der Waals surface area contributed by atoms with Crippen LogP contribution in [0.1, 0.15) is 32.1 Å². The smallest absolute Gasteiger partial charge is 0.323 e. The van der Waals surface area contributed by atoms with Gasteiger partial charge in [0.25, 0.3) is 5.91 Å². The lowest BCUT2D eigenvalue weighted by atomic mass is 9.92. The van der Waals surface area contributed by atoms with E-state index in [9.17, 15) is 24.4 Å². The number of likely N-dealkylation sites (tertiary alicyclic amines) is 1. The van der Waals surface area contributed by atoms with Gasteiger partial charge < -0.3 is 9.80 Å². The molecule has 3 unspecified atom stereocenters. The number of imide groups is 1. The average Bonchev–Trinajstić information content (AvgIpc) is 3.31. The minimum atomic E-state index is -0.716. The zero-order valence-electron chi connectivity index (χ0n) is 15.8. The van der Waals surface area contributed by atoms with E-state index in [-0.39, 0.29) is 24.8 Å². The third-order valence-corrected chi connectivity index (χ3v) is 5.05. The van der Waals surface area contributed by atoms with Gasteiger partial charge in [-0.25, -0.2) is 9.86 Å². The van der Waals surface area contributed by atoms with E-state index in [1.807, 2.05) is 6.08 Å². The first kappa shape index (κ1) is 20.9. The second kappa shape index (κ2) is 9.50. The van der Waals surface area contributed by atoms with Gasteiger partial charge in [-0.2, -0.15) is 0 Å². The summed E-state index contributed by atoms with van der Waals surface area (Å²) in [4.78, 5) is 50.8. The van der Waals surface area contributed by atoms with Crippen LogP contribution in [-0.4, -0.2) is 77.6 Å². The number of rotatable bonds is 7. The molecule has 0 saturated carbocycles. The quantitative estimate of drug-likeness (QED) is 0.291. The number of allylic oxidation sites excluding steroid dienone is 2. The van der Waals surface area contributed by atoms with Crippen LogP contribution in [0.15, 0.2) is 12.2 Å².